The molecule has 0 spiro atoms. The van der Waals surface area contributed by atoms with Gasteiger partial charge >= 0.3 is 5.97 Å². The first-order chi connectivity index (χ1) is 9.26. The Hall–Kier alpha value is -1.36. The molecule has 0 aromatic carbocycles. The zero-order valence-electron chi connectivity index (χ0n) is 11.6. The van der Waals surface area contributed by atoms with E-state index in [0.717, 1.165) is 12.8 Å². The summed E-state index contributed by atoms with van der Waals surface area (Å²) in [6.07, 6.45) is 7.08. The molecule has 1 saturated carbocycles. The van der Waals surface area contributed by atoms with Gasteiger partial charge in [-0.2, -0.15) is 0 Å². The largest absolute Gasteiger partial charge is 0.463 e. The molecule has 1 aromatic rings. The monoisotopic (exact) mass is 267 g/mol. The molecule has 106 valence electrons. The molecule has 1 aliphatic carbocycles. The van der Waals surface area contributed by atoms with E-state index in [-0.39, 0.29) is 12.4 Å². The molecule has 0 atom stereocenters. The molecule has 0 aliphatic heterocycles. The molecule has 1 fully saturated rings. The highest BCUT2D eigenvalue weighted by Gasteiger charge is 2.25. The van der Waals surface area contributed by atoms with Crippen molar-refractivity contribution in [3.63, 3.8) is 0 Å². The second-order valence-corrected chi connectivity index (χ2v) is 4.94. The van der Waals surface area contributed by atoms with Crippen LogP contribution in [0.4, 0.5) is 0 Å². The lowest BCUT2D eigenvalue weighted by atomic mass is 10.0. The fraction of sp³-hybridized carbons (Fsp3) is 0.714. The normalized spacial score (nSPS) is 17.2. The van der Waals surface area contributed by atoms with Crippen LogP contribution in [0.2, 0.25) is 0 Å². The van der Waals surface area contributed by atoms with Gasteiger partial charge in [-0.05, 0) is 12.8 Å². The number of nitrogens with zero attached hydrogens (tertiary/aromatic N) is 1. The van der Waals surface area contributed by atoms with E-state index in [9.17, 15) is 4.79 Å². The second-order valence-electron chi connectivity index (χ2n) is 4.94. The van der Waals surface area contributed by atoms with Crippen LogP contribution in [0.25, 0.3) is 0 Å². The van der Waals surface area contributed by atoms with Crippen molar-refractivity contribution in [3.05, 3.63) is 17.3 Å². The van der Waals surface area contributed by atoms with Gasteiger partial charge in [0.2, 0.25) is 5.76 Å². The Morgan fingerprint density at radius 2 is 1.95 bits per heavy atom. The van der Waals surface area contributed by atoms with Gasteiger partial charge in [-0.3, -0.25) is 0 Å². The Labute approximate surface area is 113 Å². The van der Waals surface area contributed by atoms with Gasteiger partial charge in [-0.15, -0.1) is 0 Å². The molecule has 0 N–H and O–H groups in total. The number of hydrogen-bond acceptors (Lipinski definition) is 5. The third kappa shape index (κ3) is 3.35. The van der Waals surface area contributed by atoms with Crippen LogP contribution in [0.5, 0.6) is 0 Å². The predicted octanol–water partition coefficient (Wildman–Crippen LogP) is 3.05. The fourth-order valence-corrected chi connectivity index (χ4v) is 2.56. The number of carbonyl (C=O) groups excluding carboxylic acids is 1. The van der Waals surface area contributed by atoms with Crippen LogP contribution < -0.4 is 0 Å². The van der Waals surface area contributed by atoms with Crippen LogP contribution in [-0.2, 0) is 16.1 Å². The first kappa shape index (κ1) is 14.1. The maximum atomic E-state index is 11.7. The van der Waals surface area contributed by atoms with Crippen molar-refractivity contribution in [1.29, 1.82) is 0 Å². The summed E-state index contributed by atoms with van der Waals surface area (Å²) in [6.45, 7) is 0.265. The maximum absolute atomic E-state index is 11.7. The Morgan fingerprint density at radius 3 is 2.53 bits per heavy atom. The lowest BCUT2D eigenvalue weighted by molar-refractivity contribution is 0.0555. The third-order valence-electron chi connectivity index (χ3n) is 3.57. The first-order valence-corrected chi connectivity index (χ1v) is 6.83. The first-order valence-electron chi connectivity index (χ1n) is 6.83. The van der Waals surface area contributed by atoms with Gasteiger partial charge in [-0.25, -0.2) is 9.78 Å². The van der Waals surface area contributed by atoms with E-state index < -0.39 is 5.97 Å². The molecule has 0 amide bonds. The molecule has 19 heavy (non-hydrogen) atoms. The number of esters is 1. The molecule has 1 aliphatic rings. The van der Waals surface area contributed by atoms with Crippen LogP contribution in [0.1, 0.15) is 66.6 Å². The molecule has 0 radical (unpaired) electrons. The zero-order chi connectivity index (χ0) is 13.7. The van der Waals surface area contributed by atoms with Gasteiger partial charge in [-0.1, -0.05) is 25.7 Å². The Balaban J connectivity index is 2.22. The summed E-state index contributed by atoms with van der Waals surface area (Å²) in [5.41, 5.74) is 0.536. The number of hydrogen-bond donors (Lipinski definition) is 0. The molecular weight excluding hydrogens is 246 g/mol. The van der Waals surface area contributed by atoms with Crippen LogP contribution in [0.15, 0.2) is 4.42 Å². The predicted molar refractivity (Wildman–Crippen MR) is 69.0 cm³/mol. The molecular formula is C14H21NO4. The number of ether oxygens (including phenoxy) is 2. The number of rotatable bonds is 4. The Morgan fingerprint density at radius 1 is 1.26 bits per heavy atom. The minimum Gasteiger partial charge on any atom is -0.463 e. The van der Waals surface area contributed by atoms with Crippen LogP contribution in [0, 0.1) is 0 Å². The summed E-state index contributed by atoms with van der Waals surface area (Å²) >= 11 is 0. The van der Waals surface area contributed by atoms with E-state index in [4.69, 9.17) is 13.9 Å². The molecule has 5 heteroatoms. The number of carbonyl (C=O) groups is 1. The molecule has 1 aromatic heterocycles. The number of aromatic nitrogens is 1. The quantitative estimate of drug-likeness (QED) is 0.619. The van der Waals surface area contributed by atoms with Crippen LogP contribution >= 0.6 is 0 Å². The summed E-state index contributed by atoms with van der Waals surface area (Å²) in [5.74, 6) is 0.675. The highest BCUT2D eigenvalue weighted by Crippen LogP contribution is 2.32. The average Bonchev–Trinajstić information content (AvgIpc) is 2.65. The lowest BCUT2D eigenvalue weighted by Gasteiger charge is -2.08. The van der Waals surface area contributed by atoms with Gasteiger partial charge in [0.15, 0.2) is 5.89 Å². The number of oxazole rings is 1. The average molecular weight is 267 g/mol. The Bertz CT molecular complexity index is 419. The molecule has 5 nitrogen and oxygen atoms in total. The van der Waals surface area contributed by atoms with Crippen molar-refractivity contribution in [2.45, 2.75) is 51.0 Å². The van der Waals surface area contributed by atoms with Crippen molar-refractivity contribution < 1.29 is 18.7 Å². The minimum absolute atomic E-state index is 0.184. The smallest absolute Gasteiger partial charge is 0.376 e. The molecule has 2 rings (SSSR count). The van der Waals surface area contributed by atoms with Crippen molar-refractivity contribution in [2.24, 2.45) is 0 Å². The van der Waals surface area contributed by atoms with E-state index in [1.165, 1.54) is 32.8 Å². The molecule has 0 saturated heterocycles. The summed E-state index contributed by atoms with van der Waals surface area (Å²) in [7, 11) is 2.91. The number of methoxy groups -OCH3 is 2. The highest BCUT2D eigenvalue weighted by atomic mass is 16.5. The topological polar surface area (TPSA) is 61.6 Å². The lowest BCUT2D eigenvalue weighted by Crippen LogP contribution is -2.04. The summed E-state index contributed by atoms with van der Waals surface area (Å²) in [5, 5.41) is 0. The van der Waals surface area contributed by atoms with Crippen LogP contribution in [-0.4, -0.2) is 25.2 Å². The van der Waals surface area contributed by atoms with Gasteiger partial charge < -0.3 is 13.9 Å². The maximum Gasteiger partial charge on any atom is 0.376 e. The van der Waals surface area contributed by atoms with Gasteiger partial charge in [0.1, 0.15) is 5.69 Å². The SMILES string of the molecule is COCc1nc(C2CCCCCC2)oc1C(=O)OC. The van der Waals surface area contributed by atoms with E-state index in [0.29, 0.717) is 17.5 Å². The summed E-state index contributed by atoms with van der Waals surface area (Å²) in [4.78, 5) is 16.1. The highest BCUT2D eigenvalue weighted by molar-refractivity contribution is 5.87. The summed E-state index contributed by atoms with van der Waals surface area (Å²) < 4.78 is 15.4. The van der Waals surface area contributed by atoms with E-state index in [1.807, 2.05) is 0 Å². The zero-order valence-corrected chi connectivity index (χ0v) is 11.6. The van der Waals surface area contributed by atoms with Crippen molar-refractivity contribution in [3.8, 4) is 0 Å². The molecule has 0 unspecified atom stereocenters. The summed E-state index contributed by atoms with van der Waals surface area (Å²) in [6, 6.07) is 0. The molecule has 1 heterocycles. The van der Waals surface area contributed by atoms with Gasteiger partial charge in [0, 0.05) is 13.0 Å². The standard InChI is InChI=1S/C14H21NO4/c1-17-9-11-12(14(16)18-2)19-13(15-11)10-7-5-3-4-6-8-10/h10H,3-9H2,1-2H3. The van der Waals surface area contributed by atoms with Gasteiger partial charge in [0.25, 0.3) is 0 Å². The molecule has 0 bridgehead atoms. The van der Waals surface area contributed by atoms with Gasteiger partial charge in [0.05, 0.1) is 13.7 Å². The minimum atomic E-state index is -0.487. The van der Waals surface area contributed by atoms with E-state index >= 15 is 0 Å². The third-order valence-corrected chi connectivity index (χ3v) is 3.57. The van der Waals surface area contributed by atoms with E-state index in [1.54, 1.807) is 7.11 Å². The second kappa shape index (κ2) is 6.70. The fourth-order valence-electron chi connectivity index (χ4n) is 2.56. The Kier molecular flexibility index (Phi) is 4.96. The van der Waals surface area contributed by atoms with Crippen molar-refractivity contribution in [1.82, 2.24) is 4.98 Å². The van der Waals surface area contributed by atoms with Crippen LogP contribution in [0.3, 0.4) is 0 Å². The van der Waals surface area contributed by atoms with Crippen molar-refractivity contribution in [2.75, 3.05) is 14.2 Å². The van der Waals surface area contributed by atoms with Crippen molar-refractivity contribution >= 4 is 5.97 Å². The van der Waals surface area contributed by atoms with E-state index in [2.05, 4.69) is 4.98 Å².